The molecule has 0 spiro atoms. The van der Waals surface area contributed by atoms with Gasteiger partial charge in [-0.1, -0.05) is 30.3 Å². The van der Waals surface area contributed by atoms with Crippen molar-refractivity contribution in [3.05, 3.63) is 72.6 Å². The molecule has 1 N–H and O–H groups in total. The Morgan fingerprint density at radius 1 is 1.00 bits per heavy atom. The number of nitrogens with zero attached hydrogens (tertiary/aromatic N) is 3. The smallest absolute Gasteiger partial charge is 0.0733 e. The molecule has 0 aliphatic carbocycles. The summed E-state index contributed by atoms with van der Waals surface area (Å²) in [4.78, 5) is 2.10. The Morgan fingerprint density at radius 2 is 1.73 bits per heavy atom. The van der Waals surface area contributed by atoms with Gasteiger partial charge in [0, 0.05) is 26.3 Å². The van der Waals surface area contributed by atoms with Crippen LogP contribution >= 0.6 is 0 Å². The number of hydrogen-bond acceptors (Lipinski definition) is 3. The molecule has 0 aliphatic heterocycles. The predicted molar refractivity (Wildman–Crippen MR) is 91.7 cm³/mol. The Labute approximate surface area is 131 Å². The number of benzene rings is 2. The van der Waals surface area contributed by atoms with Crippen molar-refractivity contribution < 1.29 is 0 Å². The topological polar surface area (TPSA) is 33.1 Å². The molecule has 3 rings (SSSR count). The molecule has 0 saturated heterocycles. The molecule has 2 aromatic carbocycles. The van der Waals surface area contributed by atoms with E-state index in [0.29, 0.717) is 0 Å². The second-order valence-electron chi connectivity index (χ2n) is 5.42. The Kier molecular flexibility index (Phi) is 4.10. The maximum absolute atomic E-state index is 4.38. The molecule has 0 saturated carbocycles. The van der Waals surface area contributed by atoms with Gasteiger partial charge in [0.05, 0.1) is 23.8 Å². The largest absolute Gasteiger partial charge is 0.378 e. The van der Waals surface area contributed by atoms with Crippen molar-refractivity contribution >= 4 is 11.4 Å². The molecule has 0 unspecified atom stereocenters. The minimum absolute atomic E-state index is 0.786. The zero-order valence-corrected chi connectivity index (χ0v) is 12.9. The van der Waals surface area contributed by atoms with Crippen LogP contribution in [0.3, 0.4) is 0 Å². The lowest BCUT2D eigenvalue weighted by Gasteiger charge is -2.12. The van der Waals surface area contributed by atoms with Gasteiger partial charge in [-0.15, -0.1) is 0 Å². The summed E-state index contributed by atoms with van der Waals surface area (Å²) in [6.45, 7) is 0.786. The molecule has 0 radical (unpaired) electrons. The first-order valence-corrected chi connectivity index (χ1v) is 7.32. The van der Waals surface area contributed by atoms with Gasteiger partial charge in [0.2, 0.25) is 0 Å². The highest BCUT2D eigenvalue weighted by molar-refractivity contribution is 5.47. The number of hydrogen-bond donors (Lipinski definition) is 1. The van der Waals surface area contributed by atoms with Crippen LogP contribution in [0.15, 0.2) is 67.0 Å². The number of para-hydroxylation sites is 1. The van der Waals surface area contributed by atoms with E-state index in [2.05, 4.69) is 39.6 Å². The molecule has 22 heavy (non-hydrogen) atoms. The number of rotatable bonds is 5. The summed E-state index contributed by atoms with van der Waals surface area (Å²) in [6.07, 6.45) is 3.85. The first-order chi connectivity index (χ1) is 10.7. The molecule has 1 heterocycles. The van der Waals surface area contributed by atoms with E-state index in [4.69, 9.17) is 0 Å². The van der Waals surface area contributed by atoms with E-state index in [1.54, 1.807) is 0 Å². The van der Waals surface area contributed by atoms with E-state index < -0.39 is 0 Å². The highest BCUT2D eigenvalue weighted by Crippen LogP contribution is 2.15. The fourth-order valence-corrected chi connectivity index (χ4v) is 2.25. The van der Waals surface area contributed by atoms with Crippen molar-refractivity contribution in [2.24, 2.45) is 0 Å². The predicted octanol–water partition coefficient (Wildman–Crippen LogP) is 3.55. The van der Waals surface area contributed by atoms with Crippen LogP contribution in [-0.4, -0.2) is 23.9 Å². The van der Waals surface area contributed by atoms with Crippen molar-refractivity contribution in [3.8, 4) is 5.69 Å². The lowest BCUT2D eigenvalue weighted by molar-refractivity contribution is 0.880. The van der Waals surface area contributed by atoms with Crippen molar-refractivity contribution in [1.82, 2.24) is 9.78 Å². The molecule has 0 bridgehead atoms. The van der Waals surface area contributed by atoms with Crippen LogP contribution in [0.25, 0.3) is 5.69 Å². The van der Waals surface area contributed by atoms with Gasteiger partial charge in [0.25, 0.3) is 0 Å². The van der Waals surface area contributed by atoms with E-state index in [1.807, 2.05) is 61.5 Å². The van der Waals surface area contributed by atoms with Gasteiger partial charge in [0.15, 0.2) is 0 Å². The summed E-state index contributed by atoms with van der Waals surface area (Å²) in [7, 11) is 4.09. The molecule has 3 aromatic rings. The fourth-order valence-electron chi connectivity index (χ4n) is 2.25. The lowest BCUT2D eigenvalue weighted by atomic mass is 10.2. The van der Waals surface area contributed by atoms with Crippen molar-refractivity contribution in [1.29, 1.82) is 0 Å². The quantitative estimate of drug-likeness (QED) is 0.780. The molecular formula is C18H20N4. The number of anilines is 2. The monoisotopic (exact) mass is 292 g/mol. The second kappa shape index (κ2) is 6.35. The Bertz CT molecular complexity index is 714. The molecular weight excluding hydrogens is 272 g/mol. The average Bonchev–Trinajstić information content (AvgIpc) is 3.03. The normalized spacial score (nSPS) is 10.5. The second-order valence-corrected chi connectivity index (χ2v) is 5.42. The Balaban J connectivity index is 1.63. The van der Waals surface area contributed by atoms with Crippen LogP contribution in [0.2, 0.25) is 0 Å². The first kappa shape index (κ1) is 14.2. The van der Waals surface area contributed by atoms with Crippen molar-refractivity contribution in [2.45, 2.75) is 6.54 Å². The van der Waals surface area contributed by atoms with E-state index >= 15 is 0 Å². The number of nitrogens with one attached hydrogen (secondary N) is 1. The fraction of sp³-hybridized carbons (Fsp3) is 0.167. The molecule has 0 amide bonds. The lowest BCUT2D eigenvalue weighted by Crippen LogP contribution is -2.08. The van der Waals surface area contributed by atoms with Gasteiger partial charge in [0.1, 0.15) is 0 Å². The Hall–Kier alpha value is -2.75. The highest BCUT2D eigenvalue weighted by atomic mass is 15.3. The standard InChI is InChI=1S/C18H20N4/c1-21(2)17-10-8-15(9-11-17)12-19-16-13-20-22(14-16)18-6-4-3-5-7-18/h3-11,13-14,19H,12H2,1-2H3. The van der Waals surface area contributed by atoms with Gasteiger partial charge in [-0.25, -0.2) is 4.68 Å². The summed E-state index contributed by atoms with van der Waals surface area (Å²) >= 11 is 0. The van der Waals surface area contributed by atoms with Gasteiger partial charge in [-0.3, -0.25) is 0 Å². The Morgan fingerprint density at radius 3 is 2.41 bits per heavy atom. The zero-order chi connectivity index (χ0) is 15.4. The molecule has 0 aliphatic rings. The molecule has 0 fully saturated rings. The first-order valence-electron chi connectivity index (χ1n) is 7.32. The van der Waals surface area contributed by atoms with Crippen LogP contribution < -0.4 is 10.2 Å². The summed E-state index contributed by atoms with van der Waals surface area (Å²) in [5.74, 6) is 0. The van der Waals surface area contributed by atoms with Gasteiger partial charge < -0.3 is 10.2 Å². The van der Waals surface area contributed by atoms with Gasteiger partial charge in [-0.05, 0) is 29.8 Å². The highest BCUT2D eigenvalue weighted by Gasteiger charge is 2.01. The van der Waals surface area contributed by atoms with Crippen LogP contribution in [0.4, 0.5) is 11.4 Å². The van der Waals surface area contributed by atoms with E-state index in [9.17, 15) is 0 Å². The minimum atomic E-state index is 0.786. The van der Waals surface area contributed by atoms with Crippen molar-refractivity contribution in [2.75, 3.05) is 24.3 Å². The third-order valence-corrected chi connectivity index (χ3v) is 3.55. The van der Waals surface area contributed by atoms with Crippen LogP contribution in [0, 0.1) is 0 Å². The third kappa shape index (κ3) is 3.28. The zero-order valence-electron chi connectivity index (χ0n) is 12.9. The van der Waals surface area contributed by atoms with Crippen LogP contribution in [-0.2, 0) is 6.54 Å². The van der Waals surface area contributed by atoms with Crippen LogP contribution in [0.5, 0.6) is 0 Å². The number of aromatic nitrogens is 2. The van der Waals surface area contributed by atoms with Gasteiger partial charge in [-0.2, -0.15) is 5.10 Å². The average molecular weight is 292 g/mol. The minimum Gasteiger partial charge on any atom is -0.378 e. The van der Waals surface area contributed by atoms with E-state index in [-0.39, 0.29) is 0 Å². The van der Waals surface area contributed by atoms with E-state index in [1.165, 1.54) is 11.3 Å². The molecule has 4 nitrogen and oxygen atoms in total. The van der Waals surface area contributed by atoms with Crippen molar-refractivity contribution in [3.63, 3.8) is 0 Å². The third-order valence-electron chi connectivity index (χ3n) is 3.55. The summed E-state index contributed by atoms with van der Waals surface area (Å²) < 4.78 is 1.87. The molecule has 112 valence electrons. The molecule has 0 atom stereocenters. The summed E-state index contributed by atoms with van der Waals surface area (Å²) in [5.41, 5.74) is 4.53. The summed E-state index contributed by atoms with van der Waals surface area (Å²) in [5, 5.41) is 7.79. The maximum atomic E-state index is 4.38. The van der Waals surface area contributed by atoms with Gasteiger partial charge >= 0.3 is 0 Å². The van der Waals surface area contributed by atoms with E-state index in [0.717, 1.165) is 17.9 Å². The molecule has 4 heteroatoms. The van der Waals surface area contributed by atoms with Crippen LogP contribution in [0.1, 0.15) is 5.56 Å². The SMILES string of the molecule is CN(C)c1ccc(CNc2cnn(-c3ccccc3)c2)cc1. The molecule has 1 aromatic heterocycles. The summed E-state index contributed by atoms with van der Waals surface area (Å²) in [6, 6.07) is 18.6. The maximum Gasteiger partial charge on any atom is 0.0733 e.